The van der Waals surface area contributed by atoms with Crippen LogP contribution in [0.4, 0.5) is 0 Å². The molecule has 1 saturated heterocycles. The van der Waals surface area contributed by atoms with Gasteiger partial charge in [0, 0.05) is 32.2 Å². The van der Waals surface area contributed by atoms with E-state index in [1.807, 2.05) is 6.92 Å². The van der Waals surface area contributed by atoms with Crippen LogP contribution in [0.2, 0.25) is 0 Å². The molecule has 6 heteroatoms. The van der Waals surface area contributed by atoms with E-state index >= 15 is 0 Å². The molecule has 24 heavy (non-hydrogen) atoms. The molecule has 2 aliphatic rings. The zero-order valence-corrected chi connectivity index (χ0v) is 16.0. The average molecular weight is 377 g/mol. The number of piperazine rings is 1. The number of aromatic hydroxyl groups is 1. The SMILES string of the molecule is CCOc1cc([C@@H](C2CCCC2)N2CCNCC2)ccc1O.Cl.Cl. The molecule has 1 aromatic rings. The number of hydrogen-bond donors (Lipinski definition) is 2. The van der Waals surface area contributed by atoms with Crippen LogP contribution in [0, 0.1) is 5.92 Å². The Labute approximate surface area is 157 Å². The number of nitrogens with one attached hydrogen (secondary N) is 1. The molecule has 4 nitrogen and oxygen atoms in total. The summed E-state index contributed by atoms with van der Waals surface area (Å²) in [6, 6.07) is 6.40. The Balaban J connectivity index is 0.00000144. The minimum absolute atomic E-state index is 0. The van der Waals surface area contributed by atoms with E-state index in [9.17, 15) is 5.11 Å². The molecule has 1 heterocycles. The molecule has 0 aromatic heterocycles. The van der Waals surface area contributed by atoms with E-state index in [0.29, 0.717) is 18.4 Å². The van der Waals surface area contributed by atoms with Crippen molar-refractivity contribution in [2.24, 2.45) is 5.92 Å². The van der Waals surface area contributed by atoms with Gasteiger partial charge in [-0.05, 0) is 43.4 Å². The molecule has 0 bridgehead atoms. The average Bonchev–Trinajstić information content (AvgIpc) is 3.06. The van der Waals surface area contributed by atoms with Crippen molar-refractivity contribution in [2.75, 3.05) is 32.8 Å². The highest BCUT2D eigenvalue weighted by molar-refractivity contribution is 5.85. The summed E-state index contributed by atoms with van der Waals surface area (Å²) >= 11 is 0. The fourth-order valence-electron chi connectivity index (χ4n) is 4.00. The van der Waals surface area contributed by atoms with Crippen molar-refractivity contribution < 1.29 is 9.84 Å². The molecule has 0 amide bonds. The molecule has 3 rings (SSSR count). The summed E-state index contributed by atoms with van der Waals surface area (Å²) in [4.78, 5) is 2.62. The van der Waals surface area contributed by atoms with Crippen molar-refractivity contribution in [3.8, 4) is 11.5 Å². The summed E-state index contributed by atoms with van der Waals surface area (Å²) in [5.41, 5.74) is 1.30. The molecule has 2 N–H and O–H groups in total. The number of ether oxygens (including phenoxy) is 1. The standard InChI is InChI=1S/C18H28N2O2.2ClH/c1-2-22-17-13-15(7-8-16(17)21)18(14-5-3-4-6-14)20-11-9-19-10-12-20;;/h7-8,13-14,18-19,21H,2-6,9-12H2,1H3;2*1H/t18-;;/m1../s1. The van der Waals surface area contributed by atoms with Crippen molar-refractivity contribution in [1.82, 2.24) is 10.2 Å². The molecule has 1 aromatic carbocycles. The van der Waals surface area contributed by atoms with Gasteiger partial charge in [-0.15, -0.1) is 24.8 Å². The smallest absolute Gasteiger partial charge is 0.161 e. The van der Waals surface area contributed by atoms with Gasteiger partial charge in [-0.1, -0.05) is 18.9 Å². The van der Waals surface area contributed by atoms with Crippen LogP contribution in [0.15, 0.2) is 18.2 Å². The van der Waals surface area contributed by atoms with Gasteiger partial charge in [-0.3, -0.25) is 4.90 Å². The Morgan fingerprint density at radius 1 is 1.21 bits per heavy atom. The van der Waals surface area contributed by atoms with Crippen molar-refractivity contribution in [2.45, 2.75) is 38.6 Å². The first-order chi connectivity index (χ1) is 10.8. The predicted octanol–water partition coefficient (Wildman–Crippen LogP) is 3.77. The topological polar surface area (TPSA) is 44.7 Å². The minimum Gasteiger partial charge on any atom is -0.504 e. The van der Waals surface area contributed by atoms with E-state index in [1.54, 1.807) is 6.07 Å². The van der Waals surface area contributed by atoms with Gasteiger partial charge >= 0.3 is 0 Å². The van der Waals surface area contributed by atoms with Crippen LogP contribution in [-0.2, 0) is 0 Å². The van der Waals surface area contributed by atoms with E-state index in [4.69, 9.17) is 4.74 Å². The summed E-state index contributed by atoms with van der Waals surface area (Å²) in [7, 11) is 0. The van der Waals surface area contributed by atoms with Crippen LogP contribution in [0.25, 0.3) is 0 Å². The van der Waals surface area contributed by atoms with E-state index in [1.165, 1.54) is 31.2 Å². The van der Waals surface area contributed by atoms with Crippen LogP contribution in [-0.4, -0.2) is 42.8 Å². The number of halogens is 2. The van der Waals surface area contributed by atoms with Crippen molar-refractivity contribution in [3.63, 3.8) is 0 Å². The highest BCUT2D eigenvalue weighted by atomic mass is 35.5. The second-order valence-corrected chi connectivity index (χ2v) is 6.44. The Morgan fingerprint density at radius 2 is 1.88 bits per heavy atom. The quantitative estimate of drug-likeness (QED) is 0.820. The first kappa shape index (κ1) is 21.4. The highest BCUT2D eigenvalue weighted by Crippen LogP contribution is 2.41. The third-order valence-corrected chi connectivity index (χ3v) is 5.02. The number of benzene rings is 1. The largest absolute Gasteiger partial charge is 0.504 e. The van der Waals surface area contributed by atoms with Crippen molar-refractivity contribution in [1.29, 1.82) is 0 Å². The fourth-order valence-corrected chi connectivity index (χ4v) is 4.00. The van der Waals surface area contributed by atoms with E-state index in [2.05, 4.69) is 22.3 Å². The number of rotatable bonds is 5. The molecule has 2 fully saturated rings. The maximum Gasteiger partial charge on any atom is 0.161 e. The molecule has 0 radical (unpaired) electrons. The molecule has 0 unspecified atom stereocenters. The molecule has 138 valence electrons. The lowest BCUT2D eigenvalue weighted by atomic mass is 9.89. The molecular weight excluding hydrogens is 347 g/mol. The Kier molecular flexibility index (Phi) is 9.21. The van der Waals surface area contributed by atoms with Gasteiger partial charge in [0.05, 0.1) is 6.61 Å². The molecule has 0 spiro atoms. The highest BCUT2D eigenvalue weighted by Gasteiger charge is 2.32. The number of nitrogens with zero attached hydrogens (tertiary/aromatic N) is 1. The molecule has 1 aliphatic heterocycles. The summed E-state index contributed by atoms with van der Waals surface area (Å²) in [5, 5.41) is 13.4. The zero-order valence-electron chi connectivity index (χ0n) is 14.4. The van der Waals surface area contributed by atoms with E-state index in [-0.39, 0.29) is 30.6 Å². The van der Waals surface area contributed by atoms with Crippen molar-refractivity contribution >= 4 is 24.8 Å². The van der Waals surface area contributed by atoms with Crippen LogP contribution in [0.1, 0.15) is 44.2 Å². The second-order valence-electron chi connectivity index (χ2n) is 6.44. The Morgan fingerprint density at radius 3 is 2.50 bits per heavy atom. The first-order valence-electron chi connectivity index (χ1n) is 8.70. The monoisotopic (exact) mass is 376 g/mol. The lowest BCUT2D eigenvalue weighted by molar-refractivity contribution is 0.125. The summed E-state index contributed by atoms with van der Waals surface area (Å²) in [6.07, 6.45) is 5.34. The third-order valence-electron chi connectivity index (χ3n) is 5.02. The lowest BCUT2D eigenvalue weighted by Gasteiger charge is -2.38. The molecule has 1 atom stereocenters. The van der Waals surface area contributed by atoms with Crippen LogP contribution in [0.3, 0.4) is 0 Å². The van der Waals surface area contributed by atoms with Crippen molar-refractivity contribution in [3.05, 3.63) is 23.8 Å². The van der Waals surface area contributed by atoms with Gasteiger partial charge in [-0.25, -0.2) is 0 Å². The number of phenols is 1. The van der Waals surface area contributed by atoms with Crippen LogP contribution >= 0.6 is 24.8 Å². The second kappa shape index (κ2) is 10.3. The summed E-state index contributed by atoms with van der Waals surface area (Å²) in [6.45, 7) is 6.88. The minimum atomic E-state index is 0. The van der Waals surface area contributed by atoms with Gasteiger partial charge in [0.15, 0.2) is 11.5 Å². The van der Waals surface area contributed by atoms with Gasteiger partial charge in [-0.2, -0.15) is 0 Å². The maximum absolute atomic E-state index is 9.97. The van der Waals surface area contributed by atoms with Gasteiger partial charge in [0.1, 0.15) is 0 Å². The maximum atomic E-state index is 9.97. The summed E-state index contributed by atoms with van der Waals surface area (Å²) in [5.74, 6) is 1.60. The Bertz CT molecular complexity index is 490. The van der Waals surface area contributed by atoms with Gasteiger partial charge in [0.25, 0.3) is 0 Å². The predicted molar refractivity (Wildman–Crippen MR) is 103 cm³/mol. The molecule has 1 saturated carbocycles. The fraction of sp³-hybridized carbons (Fsp3) is 0.667. The Hall–Kier alpha value is -0.680. The molecule has 1 aliphatic carbocycles. The summed E-state index contributed by atoms with van der Waals surface area (Å²) < 4.78 is 5.60. The third kappa shape index (κ3) is 4.92. The first-order valence-corrected chi connectivity index (χ1v) is 8.70. The van der Waals surface area contributed by atoms with E-state index in [0.717, 1.165) is 32.1 Å². The zero-order chi connectivity index (χ0) is 15.4. The molecular formula is C18H30Cl2N2O2. The van der Waals surface area contributed by atoms with Gasteiger partial charge < -0.3 is 15.2 Å². The van der Waals surface area contributed by atoms with E-state index < -0.39 is 0 Å². The lowest BCUT2D eigenvalue weighted by Crippen LogP contribution is -2.46. The van der Waals surface area contributed by atoms with Crippen LogP contribution < -0.4 is 10.1 Å². The number of hydrogen-bond acceptors (Lipinski definition) is 4. The van der Waals surface area contributed by atoms with Crippen LogP contribution in [0.5, 0.6) is 11.5 Å². The van der Waals surface area contributed by atoms with Gasteiger partial charge in [0.2, 0.25) is 0 Å². The normalized spacial score (nSPS) is 20.0. The number of phenolic OH excluding ortho intramolecular Hbond substituents is 1.